The van der Waals surface area contributed by atoms with Crippen molar-refractivity contribution in [2.75, 3.05) is 12.3 Å². The molecule has 1 aliphatic carbocycles. The Bertz CT molecular complexity index is 831. The maximum absolute atomic E-state index is 12.3. The number of oxime groups is 1. The maximum atomic E-state index is 12.3. The van der Waals surface area contributed by atoms with Gasteiger partial charge in [-0.05, 0) is 13.8 Å². The normalized spacial score (nSPS) is 17.1. The Labute approximate surface area is 142 Å². The molecule has 0 radical (unpaired) electrons. The molecule has 25 heavy (non-hydrogen) atoms. The van der Waals surface area contributed by atoms with Gasteiger partial charge in [0.05, 0.1) is 17.8 Å². The summed E-state index contributed by atoms with van der Waals surface area (Å²) in [6, 6.07) is 7.38. The van der Waals surface area contributed by atoms with Crippen LogP contribution in [0.1, 0.15) is 31.4 Å². The first-order chi connectivity index (χ1) is 11.7. The lowest BCUT2D eigenvalue weighted by atomic mass is 9.70. The highest BCUT2D eigenvalue weighted by atomic mass is 19.4. The van der Waals surface area contributed by atoms with E-state index in [-0.39, 0.29) is 0 Å². The first kappa shape index (κ1) is 17.2. The predicted octanol–water partition coefficient (Wildman–Crippen LogP) is 3.69. The zero-order valence-corrected chi connectivity index (χ0v) is 13.8. The summed E-state index contributed by atoms with van der Waals surface area (Å²) in [4.78, 5) is 13.4. The zero-order chi connectivity index (χ0) is 18.2. The van der Waals surface area contributed by atoms with Crippen LogP contribution in [0.3, 0.4) is 0 Å². The van der Waals surface area contributed by atoms with Crippen LogP contribution in [0.5, 0.6) is 0 Å². The van der Waals surface area contributed by atoms with E-state index in [0.29, 0.717) is 22.8 Å². The molecular weight excluding hydrogens is 333 g/mol. The Morgan fingerprint density at radius 1 is 1.16 bits per heavy atom. The molecular formula is C17H17F3N4O. The van der Waals surface area contributed by atoms with Crippen LogP contribution in [-0.4, -0.2) is 28.5 Å². The van der Waals surface area contributed by atoms with Gasteiger partial charge in [0, 0.05) is 22.1 Å². The molecule has 5 nitrogen and oxygen atoms in total. The molecule has 0 saturated carbocycles. The van der Waals surface area contributed by atoms with Crippen molar-refractivity contribution in [3.8, 4) is 11.3 Å². The molecule has 8 heteroatoms. The van der Waals surface area contributed by atoms with Gasteiger partial charge in [-0.1, -0.05) is 29.4 Å². The number of fused-ring (bicyclic) bond motifs is 3. The molecule has 0 atom stereocenters. The van der Waals surface area contributed by atoms with Crippen molar-refractivity contribution < 1.29 is 18.0 Å². The summed E-state index contributed by atoms with van der Waals surface area (Å²) < 4.78 is 36.9. The molecule has 132 valence electrons. The maximum Gasteiger partial charge on any atom is 0.392 e. The monoisotopic (exact) mass is 350 g/mol. The molecule has 1 heterocycles. The standard InChI is InChI=1S/C17H17F3N4O/c1-16(2)12-13(22-9-23-15(12)21)10-5-3-4-6-11(10)14(16)24-25-8-7-17(18,19)20/h3-6,9H,7-8H2,1-2H3,(H2,21,22,23). The van der Waals surface area contributed by atoms with Crippen LogP contribution in [0.4, 0.5) is 19.0 Å². The molecule has 0 amide bonds. The van der Waals surface area contributed by atoms with E-state index in [0.717, 1.165) is 11.1 Å². The van der Waals surface area contributed by atoms with E-state index in [2.05, 4.69) is 15.1 Å². The number of anilines is 1. The summed E-state index contributed by atoms with van der Waals surface area (Å²) in [7, 11) is 0. The third-order valence-corrected chi connectivity index (χ3v) is 4.16. The lowest BCUT2D eigenvalue weighted by molar-refractivity contribution is -0.145. The Morgan fingerprint density at radius 3 is 2.52 bits per heavy atom. The smallest absolute Gasteiger partial charge is 0.392 e. The van der Waals surface area contributed by atoms with Crippen molar-refractivity contribution in [1.29, 1.82) is 0 Å². The fourth-order valence-electron chi connectivity index (χ4n) is 3.01. The van der Waals surface area contributed by atoms with E-state index in [1.165, 1.54) is 6.33 Å². The van der Waals surface area contributed by atoms with Crippen LogP contribution in [0.15, 0.2) is 35.7 Å². The third-order valence-electron chi connectivity index (χ3n) is 4.16. The molecule has 0 saturated heterocycles. The minimum atomic E-state index is -4.29. The fraction of sp³-hybridized carbons (Fsp3) is 0.353. The summed E-state index contributed by atoms with van der Waals surface area (Å²) in [6.07, 6.45) is -3.96. The average molecular weight is 350 g/mol. The van der Waals surface area contributed by atoms with Gasteiger partial charge in [-0.25, -0.2) is 9.97 Å². The molecule has 0 bridgehead atoms. The van der Waals surface area contributed by atoms with Crippen molar-refractivity contribution in [2.45, 2.75) is 31.9 Å². The third kappa shape index (κ3) is 3.16. The zero-order valence-electron chi connectivity index (χ0n) is 13.8. The predicted molar refractivity (Wildman–Crippen MR) is 88.1 cm³/mol. The highest BCUT2D eigenvalue weighted by molar-refractivity contribution is 6.15. The van der Waals surface area contributed by atoms with E-state index in [9.17, 15) is 13.2 Å². The second-order valence-electron chi connectivity index (χ2n) is 6.29. The van der Waals surface area contributed by atoms with E-state index in [1.54, 1.807) is 0 Å². The number of hydrogen-bond acceptors (Lipinski definition) is 5. The lowest BCUT2D eigenvalue weighted by Crippen LogP contribution is -2.36. The molecule has 1 aliphatic rings. The van der Waals surface area contributed by atoms with Crippen molar-refractivity contribution >= 4 is 11.5 Å². The van der Waals surface area contributed by atoms with Crippen molar-refractivity contribution in [3.05, 3.63) is 41.7 Å². The Balaban J connectivity index is 2.06. The quantitative estimate of drug-likeness (QED) is 0.677. The molecule has 2 aromatic rings. The van der Waals surface area contributed by atoms with Gasteiger partial charge in [0.25, 0.3) is 0 Å². The van der Waals surface area contributed by atoms with Crippen LogP contribution < -0.4 is 5.73 Å². The highest BCUT2D eigenvalue weighted by Gasteiger charge is 2.40. The average Bonchev–Trinajstić information content (AvgIpc) is 2.52. The van der Waals surface area contributed by atoms with Crippen LogP contribution >= 0.6 is 0 Å². The number of halogens is 3. The molecule has 0 spiro atoms. The van der Waals surface area contributed by atoms with Gasteiger partial charge in [-0.3, -0.25) is 0 Å². The number of rotatable bonds is 3. The second kappa shape index (κ2) is 6.02. The Morgan fingerprint density at radius 2 is 1.84 bits per heavy atom. The summed E-state index contributed by atoms with van der Waals surface area (Å²) in [5.41, 5.74) is 8.77. The van der Waals surface area contributed by atoms with E-state index in [4.69, 9.17) is 10.6 Å². The second-order valence-corrected chi connectivity index (χ2v) is 6.29. The number of nitrogens with zero attached hydrogens (tertiary/aromatic N) is 3. The highest BCUT2D eigenvalue weighted by Crippen LogP contribution is 2.44. The van der Waals surface area contributed by atoms with Crippen molar-refractivity contribution in [1.82, 2.24) is 9.97 Å². The van der Waals surface area contributed by atoms with Crippen LogP contribution in [0, 0.1) is 0 Å². The van der Waals surface area contributed by atoms with Gasteiger partial charge in [0.2, 0.25) is 0 Å². The van der Waals surface area contributed by atoms with Gasteiger partial charge in [-0.2, -0.15) is 13.2 Å². The lowest BCUT2D eigenvalue weighted by Gasteiger charge is -2.34. The van der Waals surface area contributed by atoms with E-state index >= 15 is 0 Å². The first-order valence-electron chi connectivity index (χ1n) is 7.69. The minimum Gasteiger partial charge on any atom is -0.395 e. The molecule has 1 aromatic carbocycles. The molecule has 2 N–H and O–H groups in total. The Hall–Kier alpha value is -2.64. The SMILES string of the molecule is CC1(C)C(=NOCCC(F)(F)F)c2ccccc2-c2ncnc(N)c21. The summed E-state index contributed by atoms with van der Waals surface area (Å²) in [6.45, 7) is 3.19. The topological polar surface area (TPSA) is 73.4 Å². The van der Waals surface area contributed by atoms with Gasteiger partial charge < -0.3 is 10.6 Å². The summed E-state index contributed by atoms with van der Waals surface area (Å²) in [5.74, 6) is 0.312. The minimum absolute atomic E-state index is 0.312. The van der Waals surface area contributed by atoms with Crippen molar-refractivity contribution in [3.63, 3.8) is 0 Å². The molecule has 0 aliphatic heterocycles. The molecule has 0 fully saturated rings. The Kier molecular flexibility index (Phi) is 4.14. The van der Waals surface area contributed by atoms with Crippen molar-refractivity contribution in [2.24, 2.45) is 5.16 Å². The van der Waals surface area contributed by atoms with E-state index < -0.39 is 24.6 Å². The van der Waals surface area contributed by atoms with Gasteiger partial charge >= 0.3 is 6.18 Å². The number of aromatic nitrogens is 2. The van der Waals surface area contributed by atoms with Gasteiger partial charge in [-0.15, -0.1) is 0 Å². The number of nitrogens with two attached hydrogens (primary N) is 1. The number of nitrogen functional groups attached to an aromatic ring is 1. The first-order valence-corrected chi connectivity index (χ1v) is 7.69. The van der Waals surface area contributed by atoms with Gasteiger partial charge in [0.15, 0.2) is 0 Å². The van der Waals surface area contributed by atoms with Gasteiger partial charge in [0.1, 0.15) is 18.8 Å². The summed E-state index contributed by atoms with van der Waals surface area (Å²) >= 11 is 0. The number of benzene rings is 1. The fourth-order valence-corrected chi connectivity index (χ4v) is 3.01. The molecule has 1 aromatic heterocycles. The number of hydrogen-bond donors (Lipinski definition) is 1. The number of alkyl halides is 3. The molecule has 0 unspecified atom stereocenters. The summed E-state index contributed by atoms with van der Waals surface area (Å²) in [5, 5.41) is 4.03. The molecule has 3 rings (SSSR count). The van der Waals surface area contributed by atoms with Crippen LogP contribution in [0.25, 0.3) is 11.3 Å². The van der Waals surface area contributed by atoms with Crippen LogP contribution in [0.2, 0.25) is 0 Å². The van der Waals surface area contributed by atoms with E-state index in [1.807, 2.05) is 38.1 Å². The van der Waals surface area contributed by atoms with Crippen LogP contribution in [-0.2, 0) is 10.3 Å². The largest absolute Gasteiger partial charge is 0.395 e.